The molecule has 3 atom stereocenters. The predicted molar refractivity (Wildman–Crippen MR) is 318 cm³/mol. The number of thiazole rings is 1. The Balaban J connectivity index is 0.000000208. The first-order valence-corrected chi connectivity index (χ1v) is 28.8. The molecular formula is C54H68BrF4N10O4PS3. The van der Waals surface area contributed by atoms with Crippen LogP contribution in [0.2, 0.25) is 0 Å². The monoisotopic (exact) mass is 1200 g/mol. The molecule has 8 N–H and O–H groups in total. The Morgan fingerprint density at radius 3 is 1.64 bits per heavy atom. The number of hydrogen-bond donors (Lipinski definition) is 6. The van der Waals surface area contributed by atoms with Gasteiger partial charge in [0.1, 0.15) is 34.0 Å². The third-order valence-corrected chi connectivity index (χ3v) is 15.9. The topological polar surface area (TPSA) is 189 Å². The molecular weight excluding hydrogens is 1140 g/mol. The van der Waals surface area contributed by atoms with Crippen LogP contribution in [0.1, 0.15) is 83.9 Å². The van der Waals surface area contributed by atoms with Gasteiger partial charge in [0, 0.05) is 97.4 Å². The van der Waals surface area contributed by atoms with E-state index in [2.05, 4.69) is 68.3 Å². The number of nitrogens with two attached hydrogens (primary N) is 2. The summed E-state index contributed by atoms with van der Waals surface area (Å²) in [7, 11) is 0. The molecule has 5 heterocycles. The van der Waals surface area contributed by atoms with Crippen LogP contribution in [-0.4, -0.2) is 135 Å². The maximum absolute atomic E-state index is 13.5. The van der Waals surface area contributed by atoms with Gasteiger partial charge >= 0.3 is 0 Å². The molecule has 0 aliphatic carbocycles. The maximum atomic E-state index is 13.5. The fourth-order valence-electron chi connectivity index (χ4n) is 9.83. The molecule has 14 nitrogen and oxygen atoms in total. The summed E-state index contributed by atoms with van der Waals surface area (Å²) in [6.45, 7) is 9.92. The molecule has 0 radical (unpaired) electrons. The largest absolute Gasteiger partial charge is 0.392 e. The number of aromatic nitrogens is 1. The number of aliphatic hydroxyl groups is 2. The van der Waals surface area contributed by atoms with Gasteiger partial charge in [0.2, 0.25) is 5.78 Å². The third kappa shape index (κ3) is 18.4. The van der Waals surface area contributed by atoms with E-state index in [0.717, 1.165) is 168 Å². The number of aliphatic imine (C=N–C) groups is 1. The zero-order valence-electron chi connectivity index (χ0n) is 43.0. The summed E-state index contributed by atoms with van der Waals surface area (Å²) in [4.78, 5) is 41.9. The second-order valence-electron chi connectivity index (χ2n) is 19.0. The molecule has 0 spiro atoms. The number of alkyl halides is 1. The Morgan fingerprint density at radius 2 is 1.19 bits per heavy atom. The van der Waals surface area contributed by atoms with Crippen LogP contribution in [0.5, 0.6) is 0 Å². The molecule has 1 aromatic heterocycles. The number of likely N-dealkylation sites (tertiary alicyclic amines) is 2. The zero-order chi connectivity index (χ0) is 54.3. The van der Waals surface area contributed by atoms with Crippen molar-refractivity contribution >= 4 is 117 Å². The van der Waals surface area contributed by atoms with E-state index in [1.165, 1.54) is 17.4 Å². The van der Waals surface area contributed by atoms with Gasteiger partial charge in [0.05, 0.1) is 17.5 Å². The molecule has 0 saturated carbocycles. The summed E-state index contributed by atoms with van der Waals surface area (Å²) in [6, 6.07) is 22.9. The number of rotatable bonds is 12. The van der Waals surface area contributed by atoms with E-state index in [4.69, 9.17) is 23.7 Å². The minimum Gasteiger partial charge on any atom is -0.392 e. The van der Waals surface area contributed by atoms with Crippen molar-refractivity contribution in [3.63, 3.8) is 0 Å². The molecule has 9 rings (SSSR count). The van der Waals surface area contributed by atoms with Crippen LogP contribution in [0.15, 0.2) is 89.9 Å². The Labute approximate surface area is 473 Å². The maximum Gasteiger partial charge on any atom is 0.207 e. The Kier molecular flexibility index (Phi) is 23.9. The lowest BCUT2D eigenvalue weighted by molar-refractivity contribution is 0.0397. The van der Waals surface area contributed by atoms with Crippen molar-refractivity contribution in [1.82, 2.24) is 14.8 Å². The normalized spacial score (nSPS) is 18.7. The van der Waals surface area contributed by atoms with Crippen molar-refractivity contribution in [2.45, 2.75) is 82.6 Å². The van der Waals surface area contributed by atoms with Gasteiger partial charge in [-0.15, -0.1) is 0 Å². The number of amidine groups is 1. The van der Waals surface area contributed by atoms with E-state index >= 15 is 0 Å². The van der Waals surface area contributed by atoms with Gasteiger partial charge in [-0.05, 0) is 155 Å². The van der Waals surface area contributed by atoms with E-state index in [-0.39, 0.29) is 55.0 Å². The highest BCUT2D eigenvalue weighted by molar-refractivity contribution is 9.09. The second-order valence-corrected chi connectivity index (χ2v) is 22.2. The van der Waals surface area contributed by atoms with Crippen LogP contribution in [0, 0.1) is 23.3 Å². The number of nitrogens with one attached hydrogen (secondary N) is 2. The number of carbonyl (C=O) groups excluding carboxylic acids is 2. The molecule has 77 heavy (non-hydrogen) atoms. The van der Waals surface area contributed by atoms with Crippen LogP contribution in [0.3, 0.4) is 0 Å². The fourth-order valence-corrected chi connectivity index (χ4v) is 11.7. The first-order valence-electron chi connectivity index (χ1n) is 25.5. The molecule has 4 aliphatic rings. The van der Waals surface area contributed by atoms with E-state index < -0.39 is 29.1 Å². The van der Waals surface area contributed by atoms with Crippen LogP contribution in [-0.2, 0) is 0 Å². The van der Waals surface area contributed by atoms with Crippen molar-refractivity contribution in [3.05, 3.63) is 124 Å². The highest BCUT2D eigenvalue weighted by atomic mass is 79.9. The van der Waals surface area contributed by atoms with Crippen molar-refractivity contribution < 1.29 is 37.4 Å². The highest BCUT2D eigenvalue weighted by Gasteiger charge is 2.30. The number of nitrogens with zero attached hydrogens (tertiary/aromatic N) is 6. The number of nitrogen functional groups attached to an aromatic ring is 1. The van der Waals surface area contributed by atoms with Crippen LogP contribution in [0.4, 0.5) is 51.3 Å². The van der Waals surface area contributed by atoms with Gasteiger partial charge in [0.15, 0.2) is 21.2 Å². The van der Waals surface area contributed by atoms with Crippen molar-refractivity contribution in [1.29, 1.82) is 0 Å². The summed E-state index contributed by atoms with van der Waals surface area (Å²) < 4.78 is 52.1. The summed E-state index contributed by atoms with van der Waals surface area (Å²) in [5.41, 5.74) is 15.7. The Bertz CT molecular complexity index is 2730. The first kappa shape index (κ1) is 61.4. The Morgan fingerprint density at radius 1 is 0.740 bits per heavy atom. The number of piperidine rings is 4. The van der Waals surface area contributed by atoms with Crippen LogP contribution in [0.25, 0.3) is 0 Å². The van der Waals surface area contributed by atoms with E-state index in [9.17, 15) is 37.4 Å². The van der Waals surface area contributed by atoms with Gasteiger partial charge in [0.25, 0.3) is 0 Å². The first-order chi connectivity index (χ1) is 36.5. The number of ketones is 2. The second kappa shape index (κ2) is 30.0. The van der Waals surface area contributed by atoms with Gasteiger partial charge < -0.3 is 42.1 Å². The smallest absolute Gasteiger partial charge is 0.207 e. The van der Waals surface area contributed by atoms with E-state index in [0.29, 0.717) is 33.6 Å². The number of aliphatic hydroxyl groups excluding tert-OH is 2. The number of Topliss-reactive ketones (excluding diaryl/α,β-unsaturated/α-hetero) is 1. The lowest BCUT2D eigenvalue weighted by Gasteiger charge is -2.42. The van der Waals surface area contributed by atoms with E-state index in [1.807, 2.05) is 43.3 Å². The number of carbonyl (C=O) groups is 2. The van der Waals surface area contributed by atoms with Crippen LogP contribution < -0.4 is 31.9 Å². The van der Waals surface area contributed by atoms with Crippen molar-refractivity contribution in [3.8, 4) is 0 Å². The molecule has 4 fully saturated rings. The average Bonchev–Trinajstić information content (AvgIpc) is 3.77. The third-order valence-electron chi connectivity index (χ3n) is 13.6. The standard InChI is InChI=1S/C26H29F2N5O2S.C20H31N5OS2.C8H5BrF2O.H3P/c27-17-12-16(13-18(28)14-17)23(35)24-25(29)31-26(36-24)30-19-3-5-20(6-4-19)32-10-7-21(8-11-32)33-9-1-2-22(34)15-33;1-2-28-19(21)23-20(27)22-15-5-7-16(8-6-15)24-12-9-17(10-13-24)25-11-3-4-18(26)14-25;9-4-8(12)5-1-6(10)3-7(11)2-5;/h3-6,12-14,21-22,34H,1-2,7-11,15,29H2,(H,30,31);5-8,17-18,26H,2-4,9-14H2,1H3,(H3,21,22,23,27);1-3H,4H2;1H3. The van der Waals surface area contributed by atoms with Crippen LogP contribution >= 0.6 is 61.1 Å². The summed E-state index contributed by atoms with van der Waals surface area (Å²) in [5, 5.41) is 27.5. The molecule has 0 bridgehead atoms. The predicted octanol–water partition coefficient (Wildman–Crippen LogP) is 9.88. The molecule has 3 unspecified atom stereocenters. The lowest BCUT2D eigenvalue weighted by Crippen LogP contribution is -2.49. The molecule has 4 aromatic carbocycles. The molecule has 0 amide bonds. The zero-order valence-corrected chi connectivity index (χ0v) is 48.4. The number of anilines is 6. The minimum absolute atomic E-state index is 0. The molecule has 5 aromatic rings. The molecule has 4 saturated heterocycles. The molecule has 23 heteroatoms. The van der Waals surface area contributed by atoms with Gasteiger partial charge in [-0.2, -0.15) is 14.9 Å². The molecule has 4 aliphatic heterocycles. The van der Waals surface area contributed by atoms with Crippen molar-refractivity contribution in [2.24, 2.45) is 10.7 Å². The Hall–Kier alpha value is -4.77. The minimum atomic E-state index is -0.825. The van der Waals surface area contributed by atoms with Gasteiger partial charge in [-0.25, -0.2) is 22.5 Å². The number of halogens is 5. The van der Waals surface area contributed by atoms with E-state index in [1.54, 1.807) is 0 Å². The number of thiocarbonyl (C=S) groups is 1. The number of benzene rings is 4. The lowest BCUT2D eigenvalue weighted by atomic mass is 9.98. The van der Waals surface area contributed by atoms with Gasteiger partial charge in [-0.3, -0.25) is 19.4 Å². The fraction of sp³-hybridized carbons (Fsp3) is 0.426. The summed E-state index contributed by atoms with van der Waals surface area (Å²) in [5.74, 6) is -3.15. The summed E-state index contributed by atoms with van der Waals surface area (Å²) >= 11 is 10.7. The summed E-state index contributed by atoms with van der Waals surface area (Å²) in [6.07, 6.45) is 8.18. The SMILES string of the molecule is CCSC(N)=NC(=S)Nc1ccc(N2CCC(N3CCCC(O)C3)CC2)cc1.Nc1nc(Nc2ccc(N3CCC(N4CCCC(O)C4)CC3)cc2)sc1C(=O)c1cc(F)cc(F)c1.O=C(CBr)c1cc(F)cc(F)c1.P. The molecule has 416 valence electrons. The van der Waals surface area contributed by atoms with Crippen molar-refractivity contribution in [2.75, 3.05) is 89.6 Å². The average molecular weight is 1200 g/mol. The number of hydrogen-bond acceptors (Lipinski definition) is 14. The number of β-amino-alcohol motifs (C(OH)–C–C–N with tert-alkyl or cyclic N) is 2. The quantitative estimate of drug-likeness (QED) is 0.0132. The number of thioether (sulfide) groups is 1. The highest BCUT2D eigenvalue weighted by Crippen LogP contribution is 2.32. The van der Waals surface area contributed by atoms with Gasteiger partial charge in [-0.1, -0.05) is 46.0 Å².